The van der Waals surface area contributed by atoms with Gasteiger partial charge in [0.15, 0.2) is 11.6 Å². The number of allylic oxidation sites excluding steroid dienone is 1. The molecule has 0 atom stereocenters. The summed E-state index contributed by atoms with van der Waals surface area (Å²) in [6.45, 7) is 10.9. The Morgan fingerprint density at radius 3 is 2.67 bits per heavy atom. The Morgan fingerprint density at radius 2 is 2.00 bits per heavy atom. The molecule has 2 aliphatic rings. The van der Waals surface area contributed by atoms with Crippen molar-refractivity contribution in [2.75, 3.05) is 38.5 Å². The van der Waals surface area contributed by atoms with Gasteiger partial charge in [-0.25, -0.2) is 13.8 Å². The van der Waals surface area contributed by atoms with Crippen molar-refractivity contribution in [3.8, 4) is 0 Å². The Kier molecular flexibility index (Phi) is 9.54. The fourth-order valence-corrected chi connectivity index (χ4v) is 4.82. The molecule has 0 amide bonds. The quantitative estimate of drug-likeness (QED) is 0.220. The van der Waals surface area contributed by atoms with Crippen molar-refractivity contribution in [3.05, 3.63) is 83.6 Å². The maximum absolute atomic E-state index is 14.1. The Bertz CT molecular complexity index is 1280. The van der Waals surface area contributed by atoms with Crippen LogP contribution in [0.3, 0.4) is 0 Å². The van der Waals surface area contributed by atoms with Crippen LogP contribution in [0.5, 0.6) is 0 Å². The fourth-order valence-electron chi connectivity index (χ4n) is 4.82. The van der Waals surface area contributed by atoms with E-state index in [1.807, 2.05) is 6.20 Å². The second-order valence-corrected chi connectivity index (χ2v) is 9.98. The van der Waals surface area contributed by atoms with E-state index in [-0.39, 0.29) is 12.4 Å². The molecule has 4 rings (SSSR count). The standard InChI is InChI=1S/C29H36F2N8/c1-19(38-28-25(31)13-23(30)15-36-28)12-21(6-9-32)14-37-29(39(3)18-20-7-10-34-11-8-20)27-24(22-4-5-22)16-35-17-26(27)33-2/h6,9,12-13,15-17,20,22,34H,1-2,4-5,7-8,10-11,14,18,32H2,3H3,(H,36,38)/b9-6-,21-12+,37-29+. The van der Waals surface area contributed by atoms with Gasteiger partial charge in [-0.3, -0.25) is 15.0 Å². The van der Waals surface area contributed by atoms with Gasteiger partial charge in [0.2, 0.25) is 0 Å². The zero-order valence-corrected chi connectivity index (χ0v) is 22.3. The summed E-state index contributed by atoms with van der Waals surface area (Å²) in [5.74, 6) is 0.127. The molecule has 10 heteroatoms. The molecule has 8 nitrogen and oxygen atoms in total. The molecule has 1 saturated carbocycles. The molecule has 2 fully saturated rings. The van der Waals surface area contributed by atoms with Gasteiger partial charge in [0, 0.05) is 37.1 Å². The monoisotopic (exact) mass is 534 g/mol. The van der Waals surface area contributed by atoms with Crippen LogP contribution in [0.4, 0.5) is 20.3 Å². The number of hydrogen-bond acceptors (Lipinski definition) is 7. The minimum Gasteiger partial charge on any atom is -0.405 e. The second kappa shape index (κ2) is 13.2. The van der Waals surface area contributed by atoms with Crippen LogP contribution in [-0.2, 0) is 0 Å². The van der Waals surface area contributed by atoms with Gasteiger partial charge in [0.25, 0.3) is 0 Å². The molecule has 2 aromatic rings. The van der Waals surface area contributed by atoms with E-state index in [1.165, 1.54) is 6.20 Å². The SMILES string of the molecule is C=Nc1cncc(C2CC2)c1/C(=N\CC(/C=C\N)=C/C(=C)Nc1ncc(F)cc1F)N(C)CC1CCNCC1. The predicted octanol–water partition coefficient (Wildman–Crippen LogP) is 4.67. The minimum absolute atomic E-state index is 0.118. The normalized spacial score (nSPS) is 16.9. The predicted molar refractivity (Wildman–Crippen MR) is 153 cm³/mol. The zero-order chi connectivity index (χ0) is 27.8. The summed E-state index contributed by atoms with van der Waals surface area (Å²) >= 11 is 0. The van der Waals surface area contributed by atoms with Gasteiger partial charge in [-0.15, -0.1) is 0 Å². The third-order valence-electron chi connectivity index (χ3n) is 6.89. The molecular formula is C29H36F2N8. The molecule has 0 spiro atoms. The number of aliphatic imine (C=N–C) groups is 2. The van der Waals surface area contributed by atoms with Crippen molar-refractivity contribution >= 4 is 24.1 Å². The Hall–Kier alpha value is -3.92. The molecule has 4 N–H and O–H groups in total. The van der Waals surface area contributed by atoms with Gasteiger partial charge in [0.05, 0.1) is 24.6 Å². The lowest BCUT2D eigenvalue weighted by Gasteiger charge is -2.30. The van der Waals surface area contributed by atoms with E-state index in [0.717, 1.165) is 80.1 Å². The summed E-state index contributed by atoms with van der Waals surface area (Å²) in [5, 5.41) is 6.21. The number of nitrogens with two attached hydrogens (primary N) is 1. The lowest BCUT2D eigenvalue weighted by molar-refractivity contribution is 0.307. The second-order valence-electron chi connectivity index (χ2n) is 9.98. The molecule has 3 heterocycles. The number of nitrogens with zero attached hydrogens (tertiary/aromatic N) is 5. The largest absolute Gasteiger partial charge is 0.405 e. The maximum atomic E-state index is 14.1. The van der Waals surface area contributed by atoms with Crippen molar-refractivity contribution in [1.29, 1.82) is 0 Å². The van der Waals surface area contributed by atoms with Crippen molar-refractivity contribution < 1.29 is 8.78 Å². The van der Waals surface area contributed by atoms with E-state index in [9.17, 15) is 8.78 Å². The summed E-state index contributed by atoms with van der Waals surface area (Å²) in [7, 11) is 2.07. The molecule has 1 aliphatic carbocycles. The summed E-state index contributed by atoms with van der Waals surface area (Å²) in [5.41, 5.74) is 9.64. The van der Waals surface area contributed by atoms with Crippen molar-refractivity contribution in [2.45, 2.75) is 31.6 Å². The van der Waals surface area contributed by atoms with Gasteiger partial charge in [-0.2, -0.15) is 0 Å². The third kappa shape index (κ3) is 7.57. The molecular weight excluding hydrogens is 498 g/mol. The number of anilines is 1. The number of nitrogens with one attached hydrogen (secondary N) is 2. The highest BCUT2D eigenvalue weighted by atomic mass is 19.1. The van der Waals surface area contributed by atoms with Crippen LogP contribution in [0, 0.1) is 17.6 Å². The number of halogens is 2. The topological polar surface area (TPSA) is 104 Å². The number of amidine groups is 1. The molecule has 0 radical (unpaired) electrons. The molecule has 1 aliphatic heterocycles. The van der Waals surface area contributed by atoms with Gasteiger partial charge >= 0.3 is 0 Å². The lowest BCUT2D eigenvalue weighted by atomic mass is 9.96. The molecule has 0 aromatic carbocycles. The van der Waals surface area contributed by atoms with Crippen molar-refractivity contribution in [2.24, 2.45) is 21.6 Å². The Labute approximate surface area is 228 Å². The highest BCUT2D eigenvalue weighted by Crippen LogP contribution is 2.43. The van der Waals surface area contributed by atoms with Crippen LogP contribution < -0.4 is 16.4 Å². The van der Waals surface area contributed by atoms with Crippen molar-refractivity contribution in [1.82, 2.24) is 20.2 Å². The average Bonchev–Trinajstić information content (AvgIpc) is 3.76. The van der Waals surface area contributed by atoms with Gasteiger partial charge in [-0.05, 0) is 86.8 Å². The van der Waals surface area contributed by atoms with E-state index >= 15 is 0 Å². The Morgan fingerprint density at radius 1 is 1.23 bits per heavy atom. The lowest BCUT2D eigenvalue weighted by Crippen LogP contribution is -2.38. The average molecular weight is 535 g/mol. The number of pyridine rings is 2. The first-order valence-corrected chi connectivity index (χ1v) is 13.2. The van der Waals surface area contributed by atoms with E-state index < -0.39 is 11.6 Å². The molecule has 2 aromatic heterocycles. The van der Waals surface area contributed by atoms with Crippen LogP contribution in [0.15, 0.2) is 70.8 Å². The molecule has 0 bridgehead atoms. The summed E-state index contributed by atoms with van der Waals surface area (Å²) in [6.07, 6.45) is 13.9. The first kappa shape index (κ1) is 28.1. The van der Waals surface area contributed by atoms with E-state index in [4.69, 9.17) is 10.7 Å². The molecule has 0 unspecified atom stereocenters. The van der Waals surface area contributed by atoms with Crippen LogP contribution >= 0.6 is 0 Å². The fraction of sp³-hybridized carbons (Fsp3) is 0.379. The first-order valence-electron chi connectivity index (χ1n) is 13.2. The summed E-state index contributed by atoms with van der Waals surface area (Å²) < 4.78 is 27.3. The van der Waals surface area contributed by atoms with Crippen LogP contribution in [0.1, 0.15) is 42.7 Å². The third-order valence-corrected chi connectivity index (χ3v) is 6.89. The number of piperidine rings is 1. The van der Waals surface area contributed by atoms with Crippen molar-refractivity contribution in [3.63, 3.8) is 0 Å². The first-order chi connectivity index (χ1) is 18.9. The smallest absolute Gasteiger partial charge is 0.168 e. The zero-order valence-electron chi connectivity index (χ0n) is 22.3. The summed E-state index contributed by atoms with van der Waals surface area (Å²) in [6, 6.07) is 0.763. The minimum atomic E-state index is -0.810. The maximum Gasteiger partial charge on any atom is 0.168 e. The van der Waals surface area contributed by atoms with Crippen LogP contribution in [0.25, 0.3) is 0 Å². The van der Waals surface area contributed by atoms with Gasteiger partial charge in [0.1, 0.15) is 11.7 Å². The van der Waals surface area contributed by atoms with E-state index in [1.54, 1.807) is 18.3 Å². The number of hydrogen-bond donors (Lipinski definition) is 3. The van der Waals surface area contributed by atoms with E-state index in [2.05, 4.69) is 50.8 Å². The number of aromatic nitrogens is 2. The van der Waals surface area contributed by atoms with Gasteiger partial charge in [-0.1, -0.05) is 6.58 Å². The highest BCUT2D eigenvalue weighted by molar-refractivity contribution is 6.04. The molecule has 1 saturated heterocycles. The van der Waals surface area contributed by atoms with Crippen LogP contribution in [-0.4, -0.2) is 60.6 Å². The Balaban J connectivity index is 1.65. The highest BCUT2D eigenvalue weighted by Gasteiger charge is 2.31. The van der Waals surface area contributed by atoms with E-state index in [0.29, 0.717) is 23.2 Å². The molecule has 39 heavy (non-hydrogen) atoms. The number of rotatable bonds is 11. The van der Waals surface area contributed by atoms with Crippen LogP contribution in [0.2, 0.25) is 0 Å². The van der Waals surface area contributed by atoms with Gasteiger partial charge < -0.3 is 21.3 Å². The molecule has 206 valence electrons. The summed E-state index contributed by atoms with van der Waals surface area (Å²) in [4.78, 5) is 19.8.